The van der Waals surface area contributed by atoms with Crippen LogP contribution in [-0.2, 0) is 12.7 Å². The fourth-order valence-electron chi connectivity index (χ4n) is 2.19. The van der Waals surface area contributed by atoms with Gasteiger partial charge in [-0.25, -0.2) is 9.78 Å². The minimum Gasteiger partial charge on any atom is -0.475 e. The number of para-hydroxylation sites is 2. The number of imidazole rings is 1. The Morgan fingerprint density at radius 3 is 2.59 bits per heavy atom. The number of rotatable bonds is 3. The summed E-state index contributed by atoms with van der Waals surface area (Å²) >= 11 is 0. The molecule has 1 N–H and O–H groups in total. The molecule has 0 unspecified atom stereocenters. The van der Waals surface area contributed by atoms with Crippen molar-refractivity contribution in [1.29, 1.82) is 0 Å². The fraction of sp³-hybridized carbons (Fsp3) is 0.143. The number of halogens is 3. The number of aromatic carboxylic acids is 1. The number of nitrogens with zero attached hydrogens (tertiary/aromatic N) is 2. The van der Waals surface area contributed by atoms with Crippen molar-refractivity contribution in [2.45, 2.75) is 12.7 Å². The number of fused-ring (bicyclic) bond motifs is 1. The Kier molecular flexibility index (Phi) is 3.16. The van der Waals surface area contributed by atoms with Gasteiger partial charge in [-0.05, 0) is 24.3 Å². The highest BCUT2D eigenvalue weighted by Gasteiger charge is 2.37. The molecule has 0 aliphatic rings. The van der Waals surface area contributed by atoms with Gasteiger partial charge in [0, 0.05) is 0 Å². The molecule has 0 saturated heterocycles. The number of alkyl halides is 3. The lowest BCUT2D eigenvalue weighted by Crippen LogP contribution is -2.15. The number of furan rings is 1. The van der Waals surface area contributed by atoms with Crippen LogP contribution in [0.2, 0.25) is 0 Å². The predicted molar refractivity (Wildman–Crippen MR) is 69.5 cm³/mol. The molecule has 0 atom stereocenters. The second-order valence-corrected chi connectivity index (χ2v) is 4.58. The summed E-state index contributed by atoms with van der Waals surface area (Å²) in [6, 6.07) is 8.72. The summed E-state index contributed by atoms with van der Waals surface area (Å²) in [5.41, 5.74) is 0.503. The van der Waals surface area contributed by atoms with E-state index in [2.05, 4.69) is 4.98 Å². The zero-order chi connectivity index (χ0) is 15.9. The van der Waals surface area contributed by atoms with E-state index < -0.39 is 18.0 Å². The maximum Gasteiger partial charge on any atom is 0.449 e. The zero-order valence-electron chi connectivity index (χ0n) is 11.0. The molecule has 8 heteroatoms. The average Bonchev–Trinajstić information content (AvgIpc) is 3.04. The van der Waals surface area contributed by atoms with E-state index in [0.29, 0.717) is 5.52 Å². The molecule has 1 aromatic carbocycles. The molecule has 114 valence electrons. The van der Waals surface area contributed by atoms with Crippen LogP contribution in [0.3, 0.4) is 0 Å². The van der Waals surface area contributed by atoms with Gasteiger partial charge in [0.15, 0.2) is 0 Å². The number of hydrogen-bond donors (Lipinski definition) is 1. The van der Waals surface area contributed by atoms with E-state index in [9.17, 15) is 18.0 Å². The van der Waals surface area contributed by atoms with Crippen LogP contribution in [0.1, 0.15) is 22.1 Å². The number of carboxylic acid groups (broad SMARTS) is 1. The summed E-state index contributed by atoms with van der Waals surface area (Å²) in [7, 11) is 0. The van der Waals surface area contributed by atoms with Crippen LogP contribution in [-0.4, -0.2) is 20.6 Å². The Morgan fingerprint density at radius 1 is 1.23 bits per heavy atom. The van der Waals surface area contributed by atoms with Crippen molar-refractivity contribution < 1.29 is 27.5 Å². The van der Waals surface area contributed by atoms with Gasteiger partial charge in [0.05, 0.1) is 17.6 Å². The Hall–Kier alpha value is -2.77. The van der Waals surface area contributed by atoms with E-state index in [4.69, 9.17) is 9.52 Å². The monoisotopic (exact) mass is 310 g/mol. The van der Waals surface area contributed by atoms with Crippen molar-refractivity contribution in [3.8, 4) is 0 Å². The van der Waals surface area contributed by atoms with Crippen LogP contribution in [0, 0.1) is 0 Å². The third-order valence-corrected chi connectivity index (χ3v) is 3.09. The molecular formula is C14H9F3N2O3. The Balaban J connectivity index is 2.09. The second kappa shape index (κ2) is 4.90. The number of carbonyl (C=O) groups is 1. The van der Waals surface area contributed by atoms with E-state index in [0.717, 1.165) is 4.57 Å². The van der Waals surface area contributed by atoms with E-state index in [-0.39, 0.29) is 23.6 Å². The molecule has 2 heterocycles. The topological polar surface area (TPSA) is 68.3 Å². The first-order valence-electron chi connectivity index (χ1n) is 6.21. The van der Waals surface area contributed by atoms with Gasteiger partial charge in [-0.2, -0.15) is 13.2 Å². The normalized spacial score (nSPS) is 12.0. The van der Waals surface area contributed by atoms with E-state index in [1.54, 1.807) is 12.1 Å². The highest BCUT2D eigenvalue weighted by atomic mass is 19.4. The summed E-state index contributed by atoms with van der Waals surface area (Å²) in [6.07, 6.45) is -4.62. The fourth-order valence-corrected chi connectivity index (χ4v) is 2.19. The van der Waals surface area contributed by atoms with Crippen molar-refractivity contribution in [3.05, 3.63) is 53.7 Å². The van der Waals surface area contributed by atoms with Crippen molar-refractivity contribution in [3.63, 3.8) is 0 Å². The molecule has 5 nitrogen and oxygen atoms in total. The molecule has 0 saturated carbocycles. The first-order valence-corrected chi connectivity index (χ1v) is 6.21. The lowest BCUT2D eigenvalue weighted by atomic mass is 10.3. The van der Waals surface area contributed by atoms with Gasteiger partial charge >= 0.3 is 12.1 Å². The van der Waals surface area contributed by atoms with Crippen LogP contribution >= 0.6 is 0 Å². The lowest BCUT2D eigenvalue weighted by Gasteiger charge is -2.09. The molecule has 2 aromatic heterocycles. The van der Waals surface area contributed by atoms with Crippen LogP contribution in [0.4, 0.5) is 13.2 Å². The summed E-state index contributed by atoms with van der Waals surface area (Å²) in [4.78, 5) is 14.4. The highest BCUT2D eigenvalue weighted by Crippen LogP contribution is 2.32. The lowest BCUT2D eigenvalue weighted by molar-refractivity contribution is -0.146. The molecule has 0 radical (unpaired) electrons. The van der Waals surface area contributed by atoms with Gasteiger partial charge in [0.25, 0.3) is 0 Å². The second-order valence-electron chi connectivity index (χ2n) is 4.58. The van der Waals surface area contributed by atoms with Gasteiger partial charge < -0.3 is 14.1 Å². The maximum absolute atomic E-state index is 13.1. The molecule has 0 aliphatic heterocycles. The molecule has 3 aromatic rings. The molecule has 0 fully saturated rings. The van der Waals surface area contributed by atoms with Crippen molar-refractivity contribution in [2.24, 2.45) is 0 Å². The molecule has 3 rings (SSSR count). The highest BCUT2D eigenvalue weighted by molar-refractivity contribution is 5.84. The summed E-state index contributed by atoms with van der Waals surface area (Å²) in [5.74, 6) is -2.56. The van der Waals surface area contributed by atoms with Gasteiger partial charge in [-0.1, -0.05) is 12.1 Å². The van der Waals surface area contributed by atoms with Crippen molar-refractivity contribution >= 4 is 17.0 Å². The van der Waals surface area contributed by atoms with Gasteiger partial charge in [-0.3, -0.25) is 0 Å². The van der Waals surface area contributed by atoms with Crippen molar-refractivity contribution in [1.82, 2.24) is 9.55 Å². The van der Waals surface area contributed by atoms with Crippen LogP contribution in [0.5, 0.6) is 0 Å². The first kappa shape index (κ1) is 14.2. The Morgan fingerprint density at radius 2 is 1.95 bits per heavy atom. The number of hydrogen-bond acceptors (Lipinski definition) is 3. The van der Waals surface area contributed by atoms with Crippen LogP contribution in [0.15, 0.2) is 40.8 Å². The molecular weight excluding hydrogens is 301 g/mol. The van der Waals surface area contributed by atoms with E-state index in [1.807, 2.05) is 0 Å². The Bertz CT molecular complexity index is 849. The predicted octanol–water partition coefficient (Wildman–Crippen LogP) is 3.39. The van der Waals surface area contributed by atoms with Crippen LogP contribution < -0.4 is 0 Å². The molecule has 22 heavy (non-hydrogen) atoms. The Labute approximate surface area is 121 Å². The number of aromatic nitrogens is 2. The number of benzene rings is 1. The summed E-state index contributed by atoms with van der Waals surface area (Å²) < 4.78 is 45.3. The summed E-state index contributed by atoms with van der Waals surface area (Å²) in [6.45, 7) is -0.261. The smallest absolute Gasteiger partial charge is 0.449 e. The SMILES string of the molecule is O=C(O)c1ccc(Cn2c(C(F)(F)F)nc3ccccc32)o1. The first-order chi connectivity index (χ1) is 10.4. The van der Waals surface area contributed by atoms with E-state index >= 15 is 0 Å². The van der Waals surface area contributed by atoms with E-state index in [1.165, 1.54) is 24.3 Å². The third-order valence-electron chi connectivity index (χ3n) is 3.09. The molecule has 0 spiro atoms. The van der Waals surface area contributed by atoms with Crippen LogP contribution in [0.25, 0.3) is 11.0 Å². The van der Waals surface area contributed by atoms with Gasteiger partial charge in [0.1, 0.15) is 5.76 Å². The molecule has 0 aliphatic carbocycles. The largest absolute Gasteiger partial charge is 0.475 e. The minimum absolute atomic E-state index is 0.103. The quantitative estimate of drug-likeness (QED) is 0.805. The number of carboxylic acids is 1. The van der Waals surface area contributed by atoms with Gasteiger partial charge in [0.2, 0.25) is 11.6 Å². The molecule has 0 amide bonds. The molecule has 0 bridgehead atoms. The zero-order valence-corrected chi connectivity index (χ0v) is 11.0. The van der Waals surface area contributed by atoms with Gasteiger partial charge in [-0.15, -0.1) is 0 Å². The maximum atomic E-state index is 13.1. The van der Waals surface area contributed by atoms with Crippen molar-refractivity contribution in [2.75, 3.05) is 0 Å². The average molecular weight is 310 g/mol. The minimum atomic E-state index is -4.62. The third kappa shape index (κ3) is 2.43. The standard InChI is InChI=1S/C14H9F3N2O3/c15-14(16,17)13-18-9-3-1-2-4-10(9)19(13)7-8-5-6-11(22-8)12(20)21/h1-6H,7H2,(H,20,21). The summed E-state index contributed by atoms with van der Waals surface area (Å²) in [5, 5.41) is 8.79.